The molecule has 2 aliphatic heterocycles. The molecule has 0 unspecified atom stereocenters. The summed E-state index contributed by atoms with van der Waals surface area (Å²) < 4.78 is 16.5. The van der Waals surface area contributed by atoms with Gasteiger partial charge < -0.3 is 19.5 Å². The molecule has 0 aliphatic carbocycles. The smallest absolute Gasteiger partial charge is 0.295 e. The molecule has 1 amide bonds. The maximum absolute atomic E-state index is 12.6. The number of amides is 1. The van der Waals surface area contributed by atoms with E-state index in [9.17, 15) is 9.59 Å². The third-order valence-electron chi connectivity index (χ3n) is 4.54. The summed E-state index contributed by atoms with van der Waals surface area (Å²) in [7, 11) is 1.37. The monoisotopic (exact) mass is 311 g/mol. The van der Waals surface area contributed by atoms with Gasteiger partial charge in [0.25, 0.3) is 11.7 Å². The zero-order valence-electron chi connectivity index (χ0n) is 13.5. The van der Waals surface area contributed by atoms with Crippen molar-refractivity contribution in [1.82, 2.24) is 5.32 Å². The Bertz CT molecular complexity index is 457. The Kier molecular flexibility index (Phi) is 5.36. The van der Waals surface area contributed by atoms with Crippen LogP contribution in [0.5, 0.6) is 0 Å². The minimum absolute atomic E-state index is 0.112. The highest BCUT2D eigenvalue weighted by Gasteiger charge is 2.50. The number of Topliss-reactive ketones (excluding diaryl/α,β-unsaturated/α-hetero) is 1. The largest absolute Gasteiger partial charge is 0.359 e. The van der Waals surface area contributed by atoms with Gasteiger partial charge >= 0.3 is 0 Å². The number of hydrogen-bond acceptors (Lipinski definition) is 5. The van der Waals surface area contributed by atoms with Gasteiger partial charge in [-0.05, 0) is 26.2 Å². The van der Waals surface area contributed by atoms with E-state index in [0.29, 0.717) is 13.0 Å². The Balaban J connectivity index is 2.07. The highest BCUT2D eigenvalue weighted by Crippen LogP contribution is 2.36. The lowest BCUT2D eigenvalue weighted by Crippen LogP contribution is -2.57. The number of nitrogens with one attached hydrogen (secondary N) is 1. The molecule has 0 radical (unpaired) electrons. The number of ether oxygens (including phenoxy) is 3. The van der Waals surface area contributed by atoms with Crippen molar-refractivity contribution in [2.45, 2.75) is 57.6 Å². The van der Waals surface area contributed by atoms with Crippen molar-refractivity contribution in [2.24, 2.45) is 5.92 Å². The molecule has 2 fully saturated rings. The average Bonchev–Trinajstić information content (AvgIpc) is 2.52. The third-order valence-corrected chi connectivity index (χ3v) is 4.54. The Morgan fingerprint density at radius 1 is 1.36 bits per heavy atom. The van der Waals surface area contributed by atoms with Crippen molar-refractivity contribution in [2.75, 3.05) is 13.7 Å². The molecule has 0 aromatic carbocycles. The molecule has 2 rings (SSSR count). The Hall–Kier alpha value is -1.24. The first-order valence-electron chi connectivity index (χ1n) is 7.77. The summed E-state index contributed by atoms with van der Waals surface area (Å²) in [5.74, 6) is -2.94. The van der Waals surface area contributed by atoms with E-state index in [-0.39, 0.29) is 18.4 Å². The summed E-state index contributed by atoms with van der Waals surface area (Å²) in [6.45, 7) is 8.40. The first-order valence-corrected chi connectivity index (χ1v) is 7.77. The summed E-state index contributed by atoms with van der Waals surface area (Å²) in [5.41, 5.74) is 0.843. The van der Waals surface area contributed by atoms with Crippen LogP contribution < -0.4 is 5.32 Å². The summed E-state index contributed by atoms with van der Waals surface area (Å²) in [5, 5.41) is 2.62. The number of rotatable bonds is 4. The van der Waals surface area contributed by atoms with Gasteiger partial charge in [-0.2, -0.15) is 0 Å². The van der Waals surface area contributed by atoms with Crippen molar-refractivity contribution in [3.63, 3.8) is 0 Å². The number of ketones is 1. The van der Waals surface area contributed by atoms with Crippen LogP contribution in [0.15, 0.2) is 12.2 Å². The number of hydrogen-bond donors (Lipinski definition) is 1. The fourth-order valence-electron chi connectivity index (χ4n) is 2.82. The van der Waals surface area contributed by atoms with E-state index >= 15 is 0 Å². The zero-order valence-corrected chi connectivity index (χ0v) is 13.5. The third kappa shape index (κ3) is 3.39. The van der Waals surface area contributed by atoms with Gasteiger partial charge in [0.2, 0.25) is 5.79 Å². The van der Waals surface area contributed by atoms with Gasteiger partial charge in [-0.3, -0.25) is 9.59 Å². The van der Waals surface area contributed by atoms with Crippen LogP contribution in [0.25, 0.3) is 0 Å². The fraction of sp³-hybridized carbons (Fsp3) is 0.750. The van der Waals surface area contributed by atoms with Gasteiger partial charge in [-0.1, -0.05) is 19.1 Å². The second-order valence-corrected chi connectivity index (χ2v) is 6.06. The van der Waals surface area contributed by atoms with E-state index < -0.39 is 23.7 Å². The number of carbonyl (C=O) groups is 2. The molecule has 2 heterocycles. The van der Waals surface area contributed by atoms with Gasteiger partial charge in [0.1, 0.15) is 6.23 Å². The highest BCUT2D eigenvalue weighted by molar-refractivity contribution is 6.39. The van der Waals surface area contributed by atoms with Gasteiger partial charge in [0.05, 0.1) is 6.10 Å². The summed E-state index contributed by atoms with van der Waals surface area (Å²) in [6, 6.07) is 0. The molecular formula is C16H25NO5. The summed E-state index contributed by atoms with van der Waals surface area (Å²) >= 11 is 0. The molecule has 6 nitrogen and oxygen atoms in total. The highest BCUT2D eigenvalue weighted by atomic mass is 16.7. The summed E-state index contributed by atoms with van der Waals surface area (Å²) in [4.78, 5) is 24.8. The van der Waals surface area contributed by atoms with Crippen LogP contribution in [-0.4, -0.2) is 43.5 Å². The van der Waals surface area contributed by atoms with Crippen LogP contribution in [0, 0.1) is 5.92 Å². The van der Waals surface area contributed by atoms with Crippen LogP contribution in [0.3, 0.4) is 0 Å². The lowest BCUT2D eigenvalue weighted by Gasteiger charge is -2.41. The maximum Gasteiger partial charge on any atom is 0.295 e. The van der Waals surface area contributed by atoms with Gasteiger partial charge in [-0.25, -0.2) is 0 Å². The Morgan fingerprint density at radius 3 is 2.64 bits per heavy atom. The quantitative estimate of drug-likeness (QED) is 0.630. The van der Waals surface area contributed by atoms with Crippen molar-refractivity contribution in [3.8, 4) is 0 Å². The Morgan fingerprint density at radius 2 is 2.09 bits per heavy atom. The van der Waals surface area contributed by atoms with Crippen molar-refractivity contribution in [3.05, 3.63) is 12.2 Å². The first-order chi connectivity index (χ1) is 10.4. The molecule has 0 aromatic rings. The van der Waals surface area contributed by atoms with E-state index in [1.54, 1.807) is 0 Å². The van der Waals surface area contributed by atoms with Crippen molar-refractivity contribution in [1.29, 1.82) is 0 Å². The standard InChI is InChI=1S/C16H25NO5/c1-10-9-16(20-4,22-12(3)11(10)2)14(18)15(19)17-13-7-5-6-8-21-13/h11-13H,1,5-9H2,2-4H3,(H,17,19)/t11-,12-,13-,16-/m0/s1. The molecule has 22 heavy (non-hydrogen) atoms. The number of carbonyl (C=O) groups excluding carboxylic acids is 2. The minimum atomic E-state index is -1.58. The molecule has 0 aromatic heterocycles. The average molecular weight is 311 g/mol. The zero-order chi connectivity index (χ0) is 16.3. The topological polar surface area (TPSA) is 73.9 Å². The van der Waals surface area contributed by atoms with E-state index in [1.807, 2.05) is 13.8 Å². The second-order valence-electron chi connectivity index (χ2n) is 6.06. The van der Waals surface area contributed by atoms with Gasteiger partial charge in [0, 0.05) is 26.1 Å². The van der Waals surface area contributed by atoms with E-state index in [0.717, 1.165) is 18.4 Å². The molecular weight excluding hydrogens is 286 g/mol. The molecule has 0 saturated carbocycles. The molecule has 0 spiro atoms. The van der Waals surface area contributed by atoms with E-state index in [1.165, 1.54) is 7.11 Å². The maximum atomic E-state index is 12.6. The van der Waals surface area contributed by atoms with Crippen LogP contribution >= 0.6 is 0 Å². The number of methoxy groups -OCH3 is 1. The van der Waals surface area contributed by atoms with E-state index in [2.05, 4.69) is 11.9 Å². The second kappa shape index (κ2) is 6.89. The SMILES string of the molecule is C=C1C[C@@](OC)(C(=O)C(=O)N[C@@H]2CCCCO2)O[C@@H](C)[C@H]1C. The molecule has 2 aliphatic rings. The molecule has 0 bridgehead atoms. The molecule has 4 atom stereocenters. The van der Waals surface area contributed by atoms with Crippen molar-refractivity contribution >= 4 is 11.7 Å². The van der Waals surface area contributed by atoms with Crippen LogP contribution in [-0.2, 0) is 23.8 Å². The first kappa shape index (κ1) is 17.1. The predicted molar refractivity (Wildman–Crippen MR) is 79.9 cm³/mol. The fourth-order valence-corrected chi connectivity index (χ4v) is 2.82. The lowest BCUT2D eigenvalue weighted by atomic mass is 9.86. The molecule has 1 N–H and O–H groups in total. The molecule has 6 heteroatoms. The predicted octanol–water partition coefficient (Wildman–Crippen LogP) is 1.54. The van der Waals surface area contributed by atoms with E-state index in [4.69, 9.17) is 14.2 Å². The minimum Gasteiger partial charge on any atom is -0.359 e. The Labute approximate surface area is 131 Å². The van der Waals surface area contributed by atoms with Gasteiger partial charge in [-0.15, -0.1) is 0 Å². The normalized spacial score (nSPS) is 36.0. The molecule has 2 saturated heterocycles. The molecule has 124 valence electrons. The van der Waals surface area contributed by atoms with Crippen LogP contribution in [0.2, 0.25) is 0 Å². The van der Waals surface area contributed by atoms with Crippen LogP contribution in [0.4, 0.5) is 0 Å². The van der Waals surface area contributed by atoms with Crippen LogP contribution in [0.1, 0.15) is 39.5 Å². The van der Waals surface area contributed by atoms with Gasteiger partial charge in [0.15, 0.2) is 0 Å². The summed E-state index contributed by atoms with van der Waals surface area (Å²) in [6.07, 6.45) is 2.18. The lowest BCUT2D eigenvalue weighted by molar-refractivity contribution is -0.248. The van der Waals surface area contributed by atoms with Crippen molar-refractivity contribution < 1.29 is 23.8 Å².